The van der Waals surface area contributed by atoms with Crippen LogP contribution in [0.4, 0.5) is 0 Å². The molecule has 0 fully saturated rings. The lowest BCUT2D eigenvalue weighted by Gasteiger charge is -2.23. The fourth-order valence-electron chi connectivity index (χ4n) is 2.84. The average molecular weight is 293 g/mol. The van der Waals surface area contributed by atoms with Crippen LogP contribution in [0.5, 0.6) is 0 Å². The van der Waals surface area contributed by atoms with Crippen LogP contribution in [0.25, 0.3) is 0 Å². The molecule has 0 bridgehead atoms. The predicted octanol–water partition coefficient (Wildman–Crippen LogP) is 4.07. The van der Waals surface area contributed by atoms with Gasteiger partial charge in [0.15, 0.2) is 0 Å². The lowest BCUT2D eigenvalue weighted by Crippen LogP contribution is -2.32. The minimum Gasteiger partial charge on any atom is -0.389 e. The summed E-state index contributed by atoms with van der Waals surface area (Å²) in [5.74, 6) is 0. The highest BCUT2D eigenvalue weighted by Gasteiger charge is 2.35. The molecule has 19 heavy (non-hydrogen) atoms. The fraction of sp³-hybridized carbons (Fsp3) is 0.250. The Hall–Kier alpha value is -1.02. The van der Waals surface area contributed by atoms with E-state index in [1.165, 1.54) is 11.1 Å². The highest BCUT2D eigenvalue weighted by molar-refractivity contribution is 6.42. The molecule has 1 nitrogen and oxygen atoms in total. The van der Waals surface area contributed by atoms with E-state index < -0.39 is 5.60 Å². The van der Waals surface area contributed by atoms with Gasteiger partial charge in [-0.2, -0.15) is 0 Å². The summed E-state index contributed by atoms with van der Waals surface area (Å²) in [5, 5.41) is 11.9. The molecule has 0 amide bonds. The first kappa shape index (κ1) is 13.0. The van der Waals surface area contributed by atoms with Crippen molar-refractivity contribution in [2.45, 2.75) is 24.9 Å². The van der Waals surface area contributed by atoms with Gasteiger partial charge < -0.3 is 5.11 Å². The fourth-order valence-corrected chi connectivity index (χ4v) is 3.23. The molecule has 0 unspecified atom stereocenters. The second kappa shape index (κ2) is 4.82. The third-order valence-corrected chi connectivity index (χ3v) is 4.57. The molecule has 0 heterocycles. The molecule has 98 valence electrons. The van der Waals surface area contributed by atoms with Crippen LogP contribution in [0.3, 0.4) is 0 Å². The molecule has 0 spiro atoms. The maximum absolute atomic E-state index is 10.8. The van der Waals surface area contributed by atoms with Gasteiger partial charge in [0.05, 0.1) is 15.6 Å². The lowest BCUT2D eigenvalue weighted by atomic mass is 9.91. The summed E-state index contributed by atoms with van der Waals surface area (Å²) < 4.78 is 0. The summed E-state index contributed by atoms with van der Waals surface area (Å²) >= 11 is 12.2. The highest BCUT2D eigenvalue weighted by atomic mass is 35.5. The molecule has 0 aromatic heterocycles. The van der Waals surface area contributed by atoms with Crippen molar-refractivity contribution in [2.75, 3.05) is 0 Å². The summed E-state index contributed by atoms with van der Waals surface area (Å²) in [6.45, 7) is 0. The molecule has 1 N–H and O–H groups in total. The molecular formula is C16H14Cl2O. The van der Waals surface area contributed by atoms with E-state index in [9.17, 15) is 5.11 Å². The van der Waals surface area contributed by atoms with Crippen LogP contribution in [0.15, 0.2) is 42.5 Å². The number of halogens is 2. The minimum atomic E-state index is -0.752. The SMILES string of the molecule is OC1(Cc2cccc(Cl)c2Cl)Cc2ccccc2C1. The molecule has 2 aromatic rings. The van der Waals surface area contributed by atoms with Crippen LogP contribution < -0.4 is 0 Å². The van der Waals surface area contributed by atoms with Gasteiger partial charge in [0, 0.05) is 19.3 Å². The zero-order valence-electron chi connectivity index (χ0n) is 10.4. The third kappa shape index (κ3) is 2.51. The van der Waals surface area contributed by atoms with Gasteiger partial charge in [-0.3, -0.25) is 0 Å². The Morgan fingerprint density at radius 2 is 1.58 bits per heavy atom. The standard InChI is InChI=1S/C16H14Cl2O/c17-14-7-3-6-13(15(14)18)10-16(19)8-11-4-1-2-5-12(11)9-16/h1-7,19H,8-10H2. The average Bonchev–Trinajstić information content (AvgIpc) is 2.71. The molecule has 0 aliphatic heterocycles. The molecule has 0 radical (unpaired) electrons. The van der Waals surface area contributed by atoms with Gasteiger partial charge in [0.25, 0.3) is 0 Å². The Labute approximate surface area is 122 Å². The minimum absolute atomic E-state index is 0.529. The first-order chi connectivity index (χ1) is 9.07. The van der Waals surface area contributed by atoms with Crippen molar-refractivity contribution >= 4 is 23.2 Å². The molecule has 0 saturated heterocycles. The van der Waals surface area contributed by atoms with E-state index in [2.05, 4.69) is 12.1 Å². The maximum Gasteiger partial charge on any atom is 0.0768 e. The van der Waals surface area contributed by atoms with Crippen LogP contribution in [-0.2, 0) is 19.3 Å². The largest absolute Gasteiger partial charge is 0.389 e. The number of fused-ring (bicyclic) bond motifs is 1. The van der Waals surface area contributed by atoms with Crippen molar-refractivity contribution in [1.82, 2.24) is 0 Å². The van der Waals surface area contributed by atoms with E-state index in [4.69, 9.17) is 23.2 Å². The van der Waals surface area contributed by atoms with Gasteiger partial charge in [0.1, 0.15) is 0 Å². The van der Waals surface area contributed by atoms with Crippen molar-refractivity contribution in [3.05, 3.63) is 69.2 Å². The molecule has 1 aliphatic rings. The summed E-state index contributed by atoms with van der Waals surface area (Å²) in [5.41, 5.74) is 2.61. The number of aliphatic hydroxyl groups is 1. The molecule has 0 saturated carbocycles. The number of rotatable bonds is 2. The topological polar surface area (TPSA) is 20.2 Å². The zero-order valence-corrected chi connectivity index (χ0v) is 11.9. The van der Waals surface area contributed by atoms with Crippen LogP contribution >= 0.6 is 23.2 Å². The Morgan fingerprint density at radius 1 is 0.947 bits per heavy atom. The molecule has 0 atom stereocenters. The first-order valence-corrected chi connectivity index (χ1v) is 7.05. The maximum atomic E-state index is 10.8. The van der Waals surface area contributed by atoms with Gasteiger partial charge >= 0.3 is 0 Å². The van der Waals surface area contributed by atoms with Gasteiger partial charge in [-0.05, 0) is 22.8 Å². The second-order valence-corrected chi connectivity index (χ2v) is 6.02. The van der Waals surface area contributed by atoms with Crippen LogP contribution in [-0.4, -0.2) is 10.7 Å². The lowest BCUT2D eigenvalue weighted by molar-refractivity contribution is 0.0518. The second-order valence-electron chi connectivity index (χ2n) is 5.24. The first-order valence-electron chi connectivity index (χ1n) is 6.29. The number of benzene rings is 2. The van der Waals surface area contributed by atoms with Gasteiger partial charge in [-0.25, -0.2) is 0 Å². The molecular weight excluding hydrogens is 279 g/mol. The van der Waals surface area contributed by atoms with E-state index >= 15 is 0 Å². The Morgan fingerprint density at radius 3 is 2.21 bits per heavy atom. The Kier molecular flexibility index (Phi) is 3.30. The van der Waals surface area contributed by atoms with Crippen LogP contribution in [0.2, 0.25) is 10.0 Å². The highest BCUT2D eigenvalue weighted by Crippen LogP contribution is 2.35. The van der Waals surface area contributed by atoms with E-state index in [0.29, 0.717) is 29.3 Å². The summed E-state index contributed by atoms with van der Waals surface area (Å²) in [4.78, 5) is 0. The number of hydrogen-bond acceptors (Lipinski definition) is 1. The monoisotopic (exact) mass is 292 g/mol. The van der Waals surface area contributed by atoms with Crippen molar-refractivity contribution in [2.24, 2.45) is 0 Å². The summed E-state index contributed by atoms with van der Waals surface area (Å²) in [7, 11) is 0. The van der Waals surface area contributed by atoms with Gasteiger partial charge in [0.2, 0.25) is 0 Å². The van der Waals surface area contributed by atoms with E-state index in [1.807, 2.05) is 24.3 Å². The third-order valence-electron chi connectivity index (χ3n) is 3.71. The van der Waals surface area contributed by atoms with E-state index in [1.54, 1.807) is 6.07 Å². The van der Waals surface area contributed by atoms with Crippen molar-refractivity contribution in [1.29, 1.82) is 0 Å². The summed E-state index contributed by atoms with van der Waals surface area (Å²) in [6, 6.07) is 13.7. The van der Waals surface area contributed by atoms with E-state index in [0.717, 1.165) is 5.56 Å². The van der Waals surface area contributed by atoms with E-state index in [-0.39, 0.29) is 0 Å². The molecule has 2 aromatic carbocycles. The molecule has 3 heteroatoms. The van der Waals surface area contributed by atoms with Gasteiger partial charge in [-0.1, -0.05) is 59.6 Å². The smallest absolute Gasteiger partial charge is 0.0768 e. The Bertz CT molecular complexity index is 597. The quantitative estimate of drug-likeness (QED) is 0.885. The van der Waals surface area contributed by atoms with Crippen molar-refractivity contribution in [3.8, 4) is 0 Å². The molecule has 3 rings (SSSR count). The predicted molar refractivity (Wildman–Crippen MR) is 79.0 cm³/mol. The van der Waals surface area contributed by atoms with Gasteiger partial charge in [-0.15, -0.1) is 0 Å². The van der Waals surface area contributed by atoms with Crippen molar-refractivity contribution in [3.63, 3.8) is 0 Å². The Balaban J connectivity index is 1.87. The molecule has 1 aliphatic carbocycles. The summed E-state index contributed by atoms with van der Waals surface area (Å²) in [6.07, 6.45) is 1.87. The number of hydrogen-bond donors (Lipinski definition) is 1. The van der Waals surface area contributed by atoms with Crippen LogP contribution in [0, 0.1) is 0 Å². The van der Waals surface area contributed by atoms with Crippen molar-refractivity contribution < 1.29 is 5.11 Å². The zero-order chi connectivity index (χ0) is 13.5. The normalized spacial score (nSPS) is 16.4. The van der Waals surface area contributed by atoms with Crippen LogP contribution in [0.1, 0.15) is 16.7 Å².